The van der Waals surface area contributed by atoms with Crippen molar-refractivity contribution in [2.24, 2.45) is 0 Å². The van der Waals surface area contributed by atoms with Gasteiger partial charge in [-0.25, -0.2) is 0 Å². The Labute approximate surface area is 95.1 Å². The Bertz CT molecular complexity index is 357. The van der Waals surface area contributed by atoms with Crippen molar-refractivity contribution in [3.05, 3.63) is 35.9 Å². The number of aliphatic hydroxyl groups excluding tert-OH is 1. The first-order valence-electron chi connectivity index (χ1n) is 5.44. The zero-order valence-electron chi connectivity index (χ0n) is 9.35. The van der Waals surface area contributed by atoms with Gasteiger partial charge in [0.05, 0.1) is 0 Å². The molecule has 0 aromatic heterocycles. The van der Waals surface area contributed by atoms with E-state index >= 15 is 0 Å². The van der Waals surface area contributed by atoms with Crippen LogP contribution < -0.4 is 0 Å². The van der Waals surface area contributed by atoms with E-state index in [1.165, 1.54) is 0 Å². The molecular formula is C13H16O3. The van der Waals surface area contributed by atoms with Crippen molar-refractivity contribution in [3.63, 3.8) is 0 Å². The van der Waals surface area contributed by atoms with Crippen LogP contribution in [0.4, 0.5) is 0 Å². The molecule has 0 fully saturated rings. The summed E-state index contributed by atoms with van der Waals surface area (Å²) >= 11 is 0. The molecule has 0 spiro atoms. The van der Waals surface area contributed by atoms with Gasteiger partial charge in [0.25, 0.3) is 0 Å². The summed E-state index contributed by atoms with van der Waals surface area (Å²) in [5, 5.41) is 9.40. The third-order valence-corrected chi connectivity index (χ3v) is 2.35. The van der Waals surface area contributed by atoms with Gasteiger partial charge in [0, 0.05) is 6.42 Å². The molecular weight excluding hydrogens is 204 g/mol. The van der Waals surface area contributed by atoms with Gasteiger partial charge in [0.15, 0.2) is 0 Å². The quantitative estimate of drug-likeness (QED) is 0.740. The number of aliphatic hydroxyl groups is 1. The first kappa shape index (κ1) is 12.6. The molecule has 1 aromatic carbocycles. The van der Waals surface area contributed by atoms with Crippen molar-refractivity contribution in [2.75, 3.05) is 0 Å². The minimum absolute atomic E-state index is 0.0699. The summed E-state index contributed by atoms with van der Waals surface area (Å²) in [4.78, 5) is 23.0. The Kier molecular flexibility index (Phi) is 4.86. The number of carbonyl (C=O) groups excluding carboxylic acids is 2. The van der Waals surface area contributed by atoms with Crippen LogP contribution in [0.3, 0.4) is 0 Å². The van der Waals surface area contributed by atoms with E-state index in [2.05, 4.69) is 0 Å². The minimum atomic E-state index is -1.14. The van der Waals surface area contributed by atoms with Crippen LogP contribution in [0.5, 0.6) is 0 Å². The second kappa shape index (κ2) is 6.18. The lowest BCUT2D eigenvalue weighted by molar-refractivity contribution is -0.141. The largest absolute Gasteiger partial charge is 0.385 e. The molecule has 0 amide bonds. The van der Waals surface area contributed by atoms with Crippen molar-refractivity contribution < 1.29 is 14.7 Å². The van der Waals surface area contributed by atoms with Crippen LogP contribution in [0, 0.1) is 0 Å². The van der Waals surface area contributed by atoms with E-state index in [4.69, 9.17) is 0 Å². The van der Waals surface area contributed by atoms with Crippen molar-refractivity contribution in [1.29, 1.82) is 0 Å². The number of carbonyl (C=O) groups is 2. The SMILES string of the molecule is CCCC(O)C(=O)C(=O)Cc1ccccc1. The Hall–Kier alpha value is -1.48. The molecule has 1 aromatic rings. The van der Waals surface area contributed by atoms with Gasteiger partial charge < -0.3 is 5.11 Å². The molecule has 3 nitrogen and oxygen atoms in total. The summed E-state index contributed by atoms with van der Waals surface area (Å²) in [7, 11) is 0. The fourth-order valence-electron chi connectivity index (χ4n) is 1.46. The average molecular weight is 220 g/mol. The van der Waals surface area contributed by atoms with Crippen LogP contribution in [0.1, 0.15) is 25.3 Å². The smallest absolute Gasteiger partial charge is 0.227 e. The van der Waals surface area contributed by atoms with Gasteiger partial charge in [-0.05, 0) is 12.0 Å². The third kappa shape index (κ3) is 3.59. The second-order valence-corrected chi connectivity index (χ2v) is 3.75. The number of ketones is 2. The maximum Gasteiger partial charge on any atom is 0.227 e. The van der Waals surface area contributed by atoms with Crippen molar-refractivity contribution in [3.8, 4) is 0 Å². The standard InChI is InChI=1S/C13H16O3/c1-2-6-11(14)13(16)12(15)9-10-7-4-3-5-8-10/h3-5,7-8,11,14H,2,6,9H2,1H3. The van der Waals surface area contributed by atoms with E-state index in [0.717, 1.165) is 5.56 Å². The molecule has 1 rings (SSSR count). The molecule has 1 N–H and O–H groups in total. The fourth-order valence-corrected chi connectivity index (χ4v) is 1.46. The van der Waals surface area contributed by atoms with Crippen LogP contribution in [-0.4, -0.2) is 22.8 Å². The summed E-state index contributed by atoms with van der Waals surface area (Å²) in [6, 6.07) is 9.06. The predicted octanol–water partition coefficient (Wildman–Crippen LogP) is 1.53. The maximum absolute atomic E-state index is 11.5. The Morgan fingerprint density at radius 3 is 2.44 bits per heavy atom. The maximum atomic E-state index is 11.5. The Morgan fingerprint density at radius 1 is 1.25 bits per heavy atom. The molecule has 0 aliphatic rings. The third-order valence-electron chi connectivity index (χ3n) is 2.35. The highest BCUT2D eigenvalue weighted by atomic mass is 16.3. The minimum Gasteiger partial charge on any atom is -0.385 e. The molecule has 0 aliphatic carbocycles. The number of Topliss-reactive ketones (excluding diaryl/α,β-unsaturated/α-hetero) is 2. The molecule has 16 heavy (non-hydrogen) atoms. The van der Waals surface area contributed by atoms with Gasteiger partial charge >= 0.3 is 0 Å². The topological polar surface area (TPSA) is 54.4 Å². The molecule has 0 saturated heterocycles. The van der Waals surface area contributed by atoms with E-state index < -0.39 is 17.7 Å². The highest BCUT2D eigenvalue weighted by Crippen LogP contribution is 2.04. The summed E-state index contributed by atoms with van der Waals surface area (Å²) < 4.78 is 0. The predicted molar refractivity (Wildman–Crippen MR) is 61.1 cm³/mol. The zero-order valence-corrected chi connectivity index (χ0v) is 9.35. The molecule has 0 radical (unpaired) electrons. The molecule has 3 heteroatoms. The number of hydrogen-bond donors (Lipinski definition) is 1. The first-order valence-corrected chi connectivity index (χ1v) is 5.44. The number of hydrogen-bond acceptors (Lipinski definition) is 3. The van der Waals surface area contributed by atoms with Gasteiger partial charge in [-0.2, -0.15) is 0 Å². The van der Waals surface area contributed by atoms with Gasteiger partial charge in [-0.15, -0.1) is 0 Å². The van der Waals surface area contributed by atoms with E-state index in [-0.39, 0.29) is 6.42 Å². The van der Waals surface area contributed by atoms with E-state index in [9.17, 15) is 14.7 Å². The molecule has 1 unspecified atom stereocenters. The lowest BCUT2D eigenvalue weighted by Crippen LogP contribution is -2.29. The molecule has 0 aliphatic heterocycles. The molecule has 0 bridgehead atoms. The monoisotopic (exact) mass is 220 g/mol. The van der Waals surface area contributed by atoms with Crippen LogP contribution in [0.2, 0.25) is 0 Å². The summed E-state index contributed by atoms with van der Waals surface area (Å²) in [5.41, 5.74) is 0.796. The van der Waals surface area contributed by atoms with E-state index in [0.29, 0.717) is 12.8 Å². The Morgan fingerprint density at radius 2 is 1.88 bits per heavy atom. The van der Waals surface area contributed by atoms with Gasteiger partial charge in [0.2, 0.25) is 11.6 Å². The van der Waals surface area contributed by atoms with Gasteiger partial charge in [-0.1, -0.05) is 43.7 Å². The Balaban J connectivity index is 2.56. The number of benzene rings is 1. The highest BCUT2D eigenvalue weighted by Gasteiger charge is 2.21. The number of rotatable bonds is 6. The van der Waals surface area contributed by atoms with Crippen LogP contribution in [0.25, 0.3) is 0 Å². The lowest BCUT2D eigenvalue weighted by atomic mass is 10.0. The molecule has 0 heterocycles. The summed E-state index contributed by atoms with van der Waals surface area (Å²) in [6.45, 7) is 1.86. The zero-order chi connectivity index (χ0) is 12.0. The first-order chi connectivity index (χ1) is 7.65. The van der Waals surface area contributed by atoms with Crippen LogP contribution in [-0.2, 0) is 16.0 Å². The highest BCUT2D eigenvalue weighted by molar-refractivity contribution is 6.39. The van der Waals surface area contributed by atoms with Crippen molar-refractivity contribution in [2.45, 2.75) is 32.3 Å². The normalized spacial score (nSPS) is 12.1. The average Bonchev–Trinajstić information content (AvgIpc) is 2.29. The van der Waals surface area contributed by atoms with E-state index in [1.54, 1.807) is 12.1 Å². The summed E-state index contributed by atoms with van der Waals surface area (Å²) in [5.74, 6) is -1.20. The second-order valence-electron chi connectivity index (χ2n) is 3.75. The van der Waals surface area contributed by atoms with Crippen molar-refractivity contribution >= 4 is 11.6 Å². The van der Waals surface area contributed by atoms with Gasteiger partial charge in [-0.3, -0.25) is 9.59 Å². The van der Waals surface area contributed by atoms with Crippen molar-refractivity contribution in [1.82, 2.24) is 0 Å². The molecule has 86 valence electrons. The van der Waals surface area contributed by atoms with Gasteiger partial charge in [0.1, 0.15) is 6.10 Å². The summed E-state index contributed by atoms with van der Waals surface area (Å²) in [6.07, 6.45) is -0.0353. The molecule has 1 atom stereocenters. The van der Waals surface area contributed by atoms with Crippen LogP contribution in [0.15, 0.2) is 30.3 Å². The fraction of sp³-hybridized carbons (Fsp3) is 0.385. The van der Waals surface area contributed by atoms with Crippen LogP contribution >= 0.6 is 0 Å². The molecule has 0 saturated carbocycles. The van der Waals surface area contributed by atoms with E-state index in [1.807, 2.05) is 25.1 Å². The lowest BCUT2D eigenvalue weighted by Gasteiger charge is -2.06.